The first-order valence-electron chi connectivity index (χ1n) is 16.1. The predicted molar refractivity (Wildman–Crippen MR) is 202 cm³/mol. The zero-order valence-corrected chi connectivity index (χ0v) is 27.8. The van der Waals surface area contributed by atoms with E-state index in [2.05, 4.69) is 151 Å². The molecule has 10 rings (SSSR count). The largest absolute Gasteiger partial charge is 0.309 e. The molecule has 0 spiro atoms. The minimum absolute atomic E-state index is 0.768. The van der Waals surface area contributed by atoms with Crippen molar-refractivity contribution in [2.45, 2.75) is 13.1 Å². The van der Waals surface area contributed by atoms with Crippen LogP contribution in [0.1, 0.15) is 0 Å². The van der Waals surface area contributed by atoms with Crippen LogP contribution in [-0.2, 0) is 0 Å². The molecule has 4 heterocycles. The molecule has 0 saturated heterocycles. The lowest BCUT2D eigenvalue weighted by atomic mass is 10.0. The van der Waals surface area contributed by atoms with Crippen molar-refractivity contribution in [3.05, 3.63) is 140 Å². The fraction of sp³-hybridized carbons (Fsp3) is 0.0476. The highest BCUT2D eigenvalue weighted by atomic mass is 32.1. The second-order valence-corrected chi connectivity index (χ2v) is 18.4. The summed E-state index contributed by atoms with van der Waals surface area (Å²) in [5.41, 5.74) is 9.10. The van der Waals surface area contributed by atoms with Gasteiger partial charge in [-0.25, -0.2) is 9.97 Å². The lowest BCUT2D eigenvalue weighted by Gasteiger charge is -2.23. The minimum Gasteiger partial charge on any atom is -0.309 e. The van der Waals surface area contributed by atoms with E-state index in [9.17, 15) is 0 Å². The van der Waals surface area contributed by atoms with Gasteiger partial charge in [0.05, 0.1) is 28.1 Å². The molecule has 1 aliphatic heterocycles. The van der Waals surface area contributed by atoms with Crippen molar-refractivity contribution < 1.29 is 0 Å². The van der Waals surface area contributed by atoms with Gasteiger partial charge in [-0.1, -0.05) is 122 Å². The number of rotatable bonds is 3. The van der Waals surface area contributed by atoms with Crippen molar-refractivity contribution in [2.75, 3.05) is 0 Å². The van der Waals surface area contributed by atoms with Gasteiger partial charge >= 0.3 is 0 Å². The lowest BCUT2D eigenvalue weighted by Crippen LogP contribution is -2.50. The standard InChI is InChI=1S/C42H29N3SSi/c1-47(2)38-23-13-9-19-30(38)40-41(47)39(43-42(44-40)26-14-4-3-5-15-26)29-18-7-11-21-34(29)45-33-20-10-6-16-27(33)31-24-32-28-17-8-12-22-36(28)46-37(32)25-35(31)45/h3-25H,1-2H3. The zero-order chi connectivity index (χ0) is 31.3. The van der Waals surface area contributed by atoms with Gasteiger partial charge in [-0.05, 0) is 46.3 Å². The van der Waals surface area contributed by atoms with Gasteiger partial charge in [0.1, 0.15) is 8.07 Å². The van der Waals surface area contributed by atoms with Gasteiger partial charge in [-0.15, -0.1) is 11.3 Å². The third-order valence-corrected chi connectivity index (χ3v) is 14.6. The monoisotopic (exact) mass is 635 g/mol. The second-order valence-electron chi connectivity index (χ2n) is 13.0. The number of hydrogen-bond donors (Lipinski definition) is 0. The van der Waals surface area contributed by atoms with Gasteiger partial charge in [0.25, 0.3) is 0 Å². The Hall–Kier alpha value is -5.36. The van der Waals surface area contributed by atoms with E-state index in [-0.39, 0.29) is 0 Å². The van der Waals surface area contributed by atoms with Crippen molar-refractivity contribution in [3.8, 4) is 39.6 Å². The third kappa shape index (κ3) is 3.78. The molecule has 0 N–H and O–H groups in total. The van der Waals surface area contributed by atoms with Crippen molar-refractivity contribution in [2.24, 2.45) is 0 Å². The minimum atomic E-state index is -2.14. The van der Waals surface area contributed by atoms with E-state index in [1.807, 2.05) is 17.4 Å². The van der Waals surface area contributed by atoms with Crippen LogP contribution in [0.3, 0.4) is 0 Å². The van der Waals surface area contributed by atoms with Crippen LogP contribution in [0.2, 0.25) is 13.1 Å². The maximum atomic E-state index is 5.49. The molecule has 6 aromatic carbocycles. The predicted octanol–water partition coefficient (Wildman–Crippen LogP) is 10.1. The van der Waals surface area contributed by atoms with Gasteiger partial charge < -0.3 is 4.57 Å². The first kappa shape index (κ1) is 26.8. The molecule has 0 aliphatic carbocycles. The summed E-state index contributed by atoms with van der Waals surface area (Å²) in [4.78, 5) is 10.8. The van der Waals surface area contributed by atoms with E-state index in [1.165, 1.54) is 57.9 Å². The molecule has 0 saturated carbocycles. The number of thiophene rings is 1. The Bertz CT molecular complexity index is 2720. The van der Waals surface area contributed by atoms with E-state index >= 15 is 0 Å². The Balaban J connectivity index is 1.31. The molecule has 222 valence electrons. The molecular weight excluding hydrogens is 607 g/mol. The Morgan fingerprint density at radius 2 is 1.19 bits per heavy atom. The molecule has 3 nitrogen and oxygen atoms in total. The van der Waals surface area contributed by atoms with Gasteiger partial charge in [-0.3, -0.25) is 0 Å². The van der Waals surface area contributed by atoms with E-state index in [1.54, 1.807) is 0 Å². The number of para-hydroxylation sites is 2. The highest BCUT2D eigenvalue weighted by molar-refractivity contribution is 7.25. The average molecular weight is 636 g/mol. The molecule has 0 unspecified atom stereocenters. The van der Waals surface area contributed by atoms with Crippen LogP contribution < -0.4 is 10.4 Å². The number of benzene rings is 6. The van der Waals surface area contributed by atoms with Crippen LogP contribution >= 0.6 is 11.3 Å². The molecule has 0 bridgehead atoms. The third-order valence-electron chi connectivity index (χ3n) is 9.99. The highest BCUT2D eigenvalue weighted by Crippen LogP contribution is 2.42. The molecule has 0 atom stereocenters. The quantitative estimate of drug-likeness (QED) is 0.181. The van der Waals surface area contributed by atoms with Crippen LogP contribution in [0.5, 0.6) is 0 Å². The zero-order valence-electron chi connectivity index (χ0n) is 26.0. The first-order chi connectivity index (χ1) is 23.1. The topological polar surface area (TPSA) is 30.7 Å². The number of nitrogens with zero attached hydrogens (tertiary/aromatic N) is 3. The molecule has 0 radical (unpaired) electrons. The van der Waals surface area contributed by atoms with E-state index in [0.29, 0.717) is 0 Å². The molecule has 9 aromatic rings. The fourth-order valence-corrected chi connectivity index (χ4v) is 12.2. The Labute approximate surface area is 277 Å². The number of aromatic nitrogens is 3. The number of fused-ring (bicyclic) bond motifs is 9. The van der Waals surface area contributed by atoms with Crippen LogP contribution in [0.25, 0.3) is 81.6 Å². The van der Waals surface area contributed by atoms with Crippen LogP contribution in [0.4, 0.5) is 0 Å². The van der Waals surface area contributed by atoms with Crippen LogP contribution in [-0.4, -0.2) is 22.6 Å². The number of hydrogen-bond acceptors (Lipinski definition) is 3. The van der Waals surface area contributed by atoms with E-state index in [0.717, 1.165) is 34.0 Å². The molecule has 1 aliphatic rings. The van der Waals surface area contributed by atoms with Gasteiger partial charge in [0, 0.05) is 42.1 Å². The smallest absolute Gasteiger partial charge is 0.160 e. The molecule has 0 fully saturated rings. The van der Waals surface area contributed by atoms with Crippen molar-refractivity contribution in [1.82, 2.24) is 14.5 Å². The van der Waals surface area contributed by atoms with Gasteiger partial charge in [-0.2, -0.15) is 0 Å². The van der Waals surface area contributed by atoms with Gasteiger partial charge in [0.2, 0.25) is 0 Å². The average Bonchev–Trinajstić information content (AvgIpc) is 3.72. The summed E-state index contributed by atoms with van der Waals surface area (Å²) in [6.45, 7) is 4.90. The summed E-state index contributed by atoms with van der Waals surface area (Å²) in [5.74, 6) is 0.768. The molecule has 0 amide bonds. The summed E-state index contributed by atoms with van der Waals surface area (Å²) >= 11 is 1.87. The SMILES string of the molecule is C[Si]1(C)c2ccccc2-c2nc(-c3ccccc3)nc(-c3ccccc3-n3c4ccccc4c4cc5c(cc43)sc3ccccc35)c21. The summed E-state index contributed by atoms with van der Waals surface area (Å²) in [6, 6.07) is 50.5. The summed E-state index contributed by atoms with van der Waals surface area (Å²) < 4.78 is 5.10. The summed E-state index contributed by atoms with van der Waals surface area (Å²) in [6.07, 6.45) is 0. The van der Waals surface area contributed by atoms with E-state index in [4.69, 9.17) is 9.97 Å². The van der Waals surface area contributed by atoms with E-state index < -0.39 is 8.07 Å². The van der Waals surface area contributed by atoms with Crippen molar-refractivity contribution >= 4 is 71.8 Å². The summed E-state index contributed by atoms with van der Waals surface area (Å²) in [7, 11) is -2.14. The van der Waals surface area contributed by atoms with Crippen LogP contribution in [0, 0.1) is 0 Å². The Morgan fingerprint density at radius 1 is 0.532 bits per heavy atom. The normalized spacial score (nSPS) is 13.5. The summed E-state index contributed by atoms with van der Waals surface area (Å²) in [5, 5.41) is 7.92. The van der Waals surface area contributed by atoms with Crippen molar-refractivity contribution in [3.63, 3.8) is 0 Å². The van der Waals surface area contributed by atoms with Crippen molar-refractivity contribution in [1.29, 1.82) is 0 Å². The molecule has 47 heavy (non-hydrogen) atoms. The van der Waals surface area contributed by atoms with Gasteiger partial charge in [0.15, 0.2) is 5.82 Å². The maximum Gasteiger partial charge on any atom is 0.160 e. The second kappa shape index (κ2) is 9.82. The highest BCUT2D eigenvalue weighted by Gasteiger charge is 2.42. The van der Waals surface area contributed by atoms with Crippen LogP contribution in [0.15, 0.2) is 140 Å². The molecular formula is C42H29N3SSi. The first-order valence-corrected chi connectivity index (χ1v) is 19.9. The maximum absolute atomic E-state index is 5.49. The molecule has 5 heteroatoms. The Kier molecular flexibility index (Phi) is 5.60. The Morgan fingerprint density at radius 3 is 2.04 bits per heavy atom. The fourth-order valence-electron chi connectivity index (χ4n) is 7.84. The molecule has 3 aromatic heterocycles. The lowest BCUT2D eigenvalue weighted by molar-refractivity contribution is 1.16.